The Morgan fingerprint density at radius 3 is 2.41 bits per heavy atom. The molecule has 1 N–H and O–H groups in total. The van der Waals surface area contributed by atoms with Crippen LogP contribution in [-0.4, -0.2) is 31.1 Å². The van der Waals surface area contributed by atoms with E-state index < -0.39 is 11.9 Å². The molecule has 27 heavy (non-hydrogen) atoms. The molecule has 0 aliphatic heterocycles. The molecule has 0 aliphatic carbocycles. The second kappa shape index (κ2) is 9.51. The van der Waals surface area contributed by atoms with Crippen LogP contribution in [0.4, 0.5) is 0 Å². The van der Waals surface area contributed by atoms with Crippen molar-refractivity contribution in [2.75, 3.05) is 6.61 Å². The van der Waals surface area contributed by atoms with Gasteiger partial charge < -0.3 is 0 Å². The summed E-state index contributed by atoms with van der Waals surface area (Å²) in [6.45, 7) is 2.24. The standard InChI is InChI=1S/C21H22N2O3Se/c1-16-15-23(21(25)22-20(16)24)19(14-17-8-4-2-5-9-17)26-12-13-27-18-10-6-3-7-11-18/h2-11,15,19H,12-14H2,1H3,(H,22,24,25). The number of hydrogen-bond acceptors (Lipinski definition) is 3. The first kappa shape index (κ1) is 19.4. The van der Waals surface area contributed by atoms with Crippen molar-refractivity contribution in [2.45, 2.75) is 24.9 Å². The zero-order valence-electron chi connectivity index (χ0n) is 15.1. The van der Waals surface area contributed by atoms with Crippen LogP contribution in [0.1, 0.15) is 17.4 Å². The van der Waals surface area contributed by atoms with E-state index in [0.717, 1.165) is 10.9 Å². The molecule has 0 saturated heterocycles. The molecule has 0 aliphatic rings. The fourth-order valence-corrected chi connectivity index (χ4v) is 4.32. The molecule has 0 bridgehead atoms. The van der Waals surface area contributed by atoms with Gasteiger partial charge in [0, 0.05) is 0 Å². The van der Waals surface area contributed by atoms with Crippen LogP contribution in [-0.2, 0) is 11.2 Å². The number of rotatable bonds is 8. The quantitative estimate of drug-likeness (QED) is 0.441. The molecular weight excluding hydrogens is 407 g/mol. The van der Waals surface area contributed by atoms with Crippen LogP contribution >= 0.6 is 0 Å². The topological polar surface area (TPSA) is 64.1 Å². The third-order valence-electron chi connectivity index (χ3n) is 4.11. The zero-order chi connectivity index (χ0) is 19.1. The van der Waals surface area contributed by atoms with Gasteiger partial charge in [0.25, 0.3) is 0 Å². The van der Waals surface area contributed by atoms with Gasteiger partial charge in [-0.2, -0.15) is 0 Å². The number of benzene rings is 2. The van der Waals surface area contributed by atoms with E-state index in [9.17, 15) is 9.59 Å². The van der Waals surface area contributed by atoms with Gasteiger partial charge in [-0.15, -0.1) is 0 Å². The summed E-state index contributed by atoms with van der Waals surface area (Å²) < 4.78 is 8.90. The Morgan fingerprint density at radius 1 is 1.04 bits per heavy atom. The average Bonchev–Trinajstić information content (AvgIpc) is 2.69. The third-order valence-corrected chi connectivity index (χ3v) is 6.16. The number of aromatic nitrogens is 2. The molecule has 0 spiro atoms. The molecule has 1 unspecified atom stereocenters. The summed E-state index contributed by atoms with van der Waals surface area (Å²) in [7, 11) is 0. The Kier molecular flexibility index (Phi) is 6.82. The fourth-order valence-electron chi connectivity index (χ4n) is 2.71. The second-order valence-electron chi connectivity index (χ2n) is 6.16. The summed E-state index contributed by atoms with van der Waals surface area (Å²) in [6.07, 6.45) is 1.68. The molecule has 5 nitrogen and oxygen atoms in total. The first-order chi connectivity index (χ1) is 13.1. The van der Waals surface area contributed by atoms with Gasteiger partial charge in [-0.25, -0.2) is 0 Å². The molecule has 0 saturated carbocycles. The van der Waals surface area contributed by atoms with E-state index in [1.165, 1.54) is 9.03 Å². The van der Waals surface area contributed by atoms with Crippen molar-refractivity contribution in [1.29, 1.82) is 0 Å². The van der Waals surface area contributed by atoms with E-state index in [0.29, 0.717) is 33.5 Å². The van der Waals surface area contributed by atoms with Gasteiger partial charge in [0.2, 0.25) is 0 Å². The molecule has 3 aromatic rings. The molecule has 1 heterocycles. The number of nitrogens with one attached hydrogen (secondary N) is 1. The molecule has 140 valence electrons. The predicted octanol–water partition coefficient (Wildman–Crippen LogP) is 2.05. The van der Waals surface area contributed by atoms with Crippen molar-refractivity contribution < 1.29 is 4.74 Å². The minimum absolute atomic E-state index is 0.324. The van der Waals surface area contributed by atoms with Crippen LogP contribution in [0.3, 0.4) is 0 Å². The van der Waals surface area contributed by atoms with E-state index in [4.69, 9.17) is 4.74 Å². The molecule has 1 atom stereocenters. The van der Waals surface area contributed by atoms with Crippen LogP contribution in [0, 0.1) is 6.92 Å². The first-order valence-corrected chi connectivity index (χ1v) is 10.9. The van der Waals surface area contributed by atoms with Crippen LogP contribution < -0.4 is 15.7 Å². The molecular formula is C21H22N2O3Se. The molecule has 1 aromatic heterocycles. The third kappa shape index (κ3) is 5.54. The first-order valence-electron chi connectivity index (χ1n) is 8.79. The Hall–Kier alpha value is -2.40. The van der Waals surface area contributed by atoms with Gasteiger partial charge in [0.1, 0.15) is 0 Å². The molecule has 2 aromatic carbocycles. The molecule has 0 fully saturated rings. The van der Waals surface area contributed by atoms with E-state index >= 15 is 0 Å². The van der Waals surface area contributed by atoms with Crippen LogP contribution in [0.2, 0.25) is 5.32 Å². The summed E-state index contributed by atoms with van der Waals surface area (Å²) in [6, 6.07) is 20.2. The van der Waals surface area contributed by atoms with Gasteiger partial charge in [0.05, 0.1) is 0 Å². The normalized spacial score (nSPS) is 12.0. The van der Waals surface area contributed by atoms with Gasteiger partial charge in [-0.1, -0.05) is 0 Å². The number of aryl methyl sites for hydroxylation is 1. The SMILES string of the molecule is Cc1cn(C(Cc2ccccc2)OCC[Se]c2ccccc2)c(=O)[nH]c1=O. The Morgan fingerprint density at radius 2 is 1.70 bits per heavy atom. The Balaban J connectivity index is 1.73. The summed E-state index contributed by atoms with van der Waals surface area (Å²) >= 11 is 0.324. The van der Waals surface area contributed by atoms with Crippen LogP contribution in [0.25, 0.3) is 0 Å². The van der Waals surface area contributed by atoms with E-state index in [1.54, 1.807) is 13.1 Å². The maximum absolute atomic E-state index is 12.3. The monoisotopic (exact) mass is 430 g/mol. The molecule has 0 amide bonds. The van der Waals surface area contributed by atoms with Crippen molar-refractivity contribution in [3.63, 3.8) is 0 Å². The Bertz CT molecular complexity index is 968. The summed E-state index contributed by atoms with van der Waals surface area (Å²) in [5, 5.41) is 0.916. The molecule has 3 rings (SSSR count). The predicted molar refractivity (Wildman–Crippen MR) is 108 cm³/mol. The summed E-state index contributed by atoms with van der Waals surface area (Å²) in [5.41, 5.74) is 0.763. The van der Waals surface area contributed by atoms with E-state index in [-0.39, 0.29) is 5.56 Å². The van der Waals surface area contributed by atoms with E-state index in [1.807, 2.05) is 48.5 Å². The Labute approximate surface area is 164 Å². The van der Waals surface area contributed by atoms with Gasteiger partial charge >= 0.3 is 164 Å². The fraction of sp³-hybridized carbons (Fsp3) is 0.238. The van der Waals surface area contributed by atoms with Crippen LogP contribution in [0.15, 0.2) is 76.4 Å². The zero-order valence-corrected chi connectivity index (χ0v) is 16.8. The number of ether oxygens (including phenoxy) is 1. The number of hydrogen-bond donors (Lipinski definition) is 1. The maximum atomic E-state index is 12.3. The number of aromatic amines is 1. The van der Waals surface area contributed by atoms with Crippen molar-refractivity contribution in [3.8, 4) is 0 Å². The average molecular weight is 429 g/mol. The second-order valence-corrected chi connectivity index (χ2v) is 8.61. The summed E-state index contributed by atoms with van der Waals surface area (Å²) in [4.78, 5) is 26.4. The molecule has 6 heteroatoms. The van der Waals surface area contributed by atoms with Crippen molar-refractivity contribution >= 4 is 19.4 Å². The number of H-pyrrole nitrogens is 1. The van der Waals surface area contributed by atoms with Crippen molar-refractivity contribution in [1.82, 2.24) is 9.55 Å². The van der Waals surface area contributed by atoms with Crippen molar-refractivity contribution in [3.05, 3.63) is 98.8 Å². The number of nitrogens with zero attached hydrogens (tertiary/aromatic N) is 1. The van der Waals surface area contributed by atoms with Crippen LogP contribution in [0.5, 0.6) is 0 Å². The van der Waals surface area contributed by atoms with Crippen molar-refractivity contribution in [2.24, 2.45) is 0 Å². The van der Waals surface area contributed by atoms with Gasteiger partial charge in [-0.3, -0.25) is 0 Å². The summed E-state index contributed by atoms with van der Waals surface area (Å²) in [5.74, 6) is 0. The van der Waals surface area contributed by atoms with Gasteiger partial charge in [-0.05, 0) is 0 Å². The minimum atomic E-state index is -0.456. The van der Waals surface area contributed by atoms with E-state index in [2.05, 4.69) is 17.1 Å². The molecule has 0 radical (unpaired) electrons. The van der Waals surface area contributed by atoms with Gasteiger partial charge in [0.15, 0.2) is 0 Å².